The second-order valence-corrected chi connectivity index (χ2v) is 4.11. The average molecular weight is 246 g/mol. The summed E-state index contributed by atoms with van der Waals surface area (Å²) in [5.74, 6) is 0. The van der Waals surface area contributed by atoms with E-state index in [0.29, 0.717) is 24.7 Å². The maximum Gasteiger partial charge on any atom is 0.159 e. The van der Waals surface area contributed by atoms with Crippen molar-refractivity contribution in [3.63, 3.8) is 0 Å². The smallest absolute Gasteiger partial charge is 0.159 e. The van der Waals surface area contributed by atoms with Crippen LogP contribution in [-0.4, -0.2) is 29.3 Å². The molecule has 1 saturated heterocycles. The van der Waals surface area contributed by atoms with Crippen molar-refractivity contribution in [1.29, 1.82) is 0 Å². The van der Waals surface area contributed by atoms with E-state index in [2.05, 4.69) is 5.10 Å². The van der Waals surface area contributed by atoms with Crippen molar-refractivity contribution in [3.8, 4) is 0 Å². The molecule has 1 aromatic heterocycles. The average Bonchev–Trinajstić information content (AvgIpc) is 2.87. The van der Waals surface area contributed by atoms with Crippen LogP contribution in [0.3, 0.4) is 0 Å². The summed E-state index contributed by atoms with van der Waals surface area (Å²) >= 11 is 6.06. The van der Waals surface area contributed by atoms with Gasteiger partial charge in [-0.05, 0) is 6.92 Å². The van der Waals surface area contributed by atoms with E-state index in [-0.39, 0.29) is 12.3 Å². The molecule has 2 rings (SSSR count). The number of hydrogen-bond donors (Lipinski definition) is 1. The predicted octanol–water partition coefficient (Wildman–Crippen LogP) is 1.32. The summed E-state index contributed by atoms with van der Waals surface area (Å²) in [6, 6.07) is -0.210. The third-order valence-electron chi connectivity index (χ3n) is 2.62. The number of aromatic nitrogens is 2. The molecule has 2 heterocycles. The number of hydrogen-bond acceptors (Lipinski definition) is 4. The van der Waals surface area contributed by atoms with E-state index < -0.39 is 0 Å². The van der Waals surface area contributed by atoms with Gasteiger partial charge in [-0.25, -0.2) is 0 Å². The minimum absolute atomic E-state index is 0.210. The van der Waals surface area contributed by atoms with Crippen molar-refractivity contribution < 1.29 is 9.47 Å². The highest BCUT2D eigenvalue weighted by Gasteiger charge is 2.23. The maximum atomic E-state index is 6.09. The van der Waals surface area contributed by atoms with Gasteiger partial charge < -0.3 is 15.2 Å². The zero-order valence-electron chi connectivity index (χ0n) is 9.23. The van der Waals surface area contributed by atoms with Crippen molar-refractivity contribution >= 4 is 11.6 Å². The van der Waals surface area contributed by atoms with Gasteiger partial charge in [0, 0.05) is 13.0 Å². The van der Waals surface area contributed by atoms with E-state index in [1.165, 1.54) is 0 Å². The van der Waals surface area contributed by atoms with Crippen LogP contribution in [0.25, 0.3) is 0 Å². The van der Waals surface area contributed by atoms with Gasteiger partial charge in [-0.1, -0.05) is 11.6 Å². The van der Waals surface area contributed by atoms with Crippen LogP contribution in [-0.2, 0) is 16.0 Å². The van der Waals surface area contributed by atoms with Crippen molar-refractivity contribution in [3.05, 3.63) is 16.9 Å². The van der Waals surface area contributed by atoms with Crippen LogP contribution in [0.2, 0.25) is 5.02 Å². The monoisotopic (exact) mass is 245 g/mol. The molecule has 1 unspecified atom stereocenters. The minimum Gasteiger partial charge on any atom is -0.350 e. The van der Waals surface area contributed by atoms with Crippen LogP contribution in [0.5, 0.6) is 0 Å². The van der Waals surface area contributed by atoms with Crippen molar-refractivity contribution in [2.24, 2.45) is 5.73 Å². The Morgan fingerprint density at radius 1 is 1.62 bits per heavy atom. The number of nitrogens with two attached hydrogens (primary N) is 1. The lowest BCUT2D eigenvalue weighted by Crippen LogP contribution is -2.22. The Kier molecular flexibility index (Phi) is 3.81. The molecular weight excluding hydrogens is 230 g/mol. The van der Waals surface area contributed by atoms with E-state index in [1.807, 2.05) is 11.6 Å². The quantitative estimate of drug-likeness (QED) is 0.869. The summed E-state index contributed by atoms with van der Waals surface area (Å²) in [6.07, 6.45) is 2.01. The molecule has 0 aromatic carbocycles. The fourth-order valence-corrected chi connectivity index (χ4v) is 2.14. The normalized spacial score (nSPS) is 19.2. The molecule has 0 radical (unpaired) electrons. The largest absolute Gasteiger partial charge is 0.350 e. The van der Waals surface area contributed by atoms with Crippen molar-refractivity contribution in [1.82, 2.24) is 9.78 Å². The zero-order valence-corrected chi connectivity index (χ0v) is 9.98. The number of ether oxygens (including phenoxy) is 2. The highest BCUT2D eigenvalue weighted by atomic mass is 35.5. The molecule has 1 fully saturated rings. The van der Waals surface area contributed by atoms with Crippen LogP contribution < -0.4 is 5.73 Å². The molecule has 0 bridgehead atoms. The molecule has 1 aliphatic heterocycles. The third kappa shape index (κ3) is 2.38. The molecule has 90 valence electrons. The summed E-state index contributed by atoms with van der Waals surface area (Å²) in [5.41, 5.74) is 6.94. The topological polar surface area (TPSA) is 62.3 Å². The summed E-state index contributed by atoms with van der Waals surface area (Å²) in [4.78, 5) is 0. The maximum absolute atomic E-state index is 6.09. The van der Waals surface area contributed by atoms with E-state index in [0.717, 1.165) is 12.2 Å². The summed E-state index contributed by atoms with van der Waals surface area (Å²) in [7, 11) is 0. The van der Waals surface area contributed by atoms with Crippen LogP contribution in [0.1, 0.15) is 25.1 Å². The van der Waals surface area contributed by atoms with Crippen LogP contribution in [0, 0.1) is 0 Å². The Hall–Kier alpha value is -0.620. The highest BCUT2D eigenvalue weighted by molar-refractivity contribution is 6.31. The van der Waals surface area contributed by atoms with Gasteiger partial charge in [-0.15, -0.1) is 0 Å². The molecule has 0 amide bonds. The van der Waals surface area contributed by atoms with Gasteiger partial charge in [0.2, 0.25) is 0 Å². The van der Waals surface area contributed by atoms with Gasteiger partial charge in [-0.2, -0.15) is 5.10 Å². The van der Waals surface area contributed by atoms with E-state index in [9.17, 15) is 0 Å². The fourth-order valence-electron chi connectivity index (χ4n) is 1.85. The van der Waals surface area contributed by atoms with Crippen molar-refractivity contribution in [2.45, 2.75) is 32.2 Å². The molecule has 0 saturated carbocycles. The standard InChI is InChI=1S/C10H16ClN3O2/c1-2-14-10(7(11)6-13-14)8(12)5-9-15-3-4-16-9/h6,8-9H,2-5,12H2,1H3. The second-order valence-electron chi connectivity index (χ2n) is 3.71. The molecule has 1 atom stereocenters. The van der Waals surface area contributed by atoms with E-state index in [1.54, 1.807) is 6.20 Å². The Morgan fingerprint density at radius 3 is 2.94 bits per heavy atom. The Bertz CT molecular complexity index is 350. The third-order valence-corrected chi connectivity index (χ3v) is 2.91. The first-order chi connectivity index (χ1) is 7.72. The number of nitrogens with zero attached hydrogens (tertiary/aromatic N) is 2. The lowest BCUT2D eigenvalue weighted by Gasteiger charge is -2.17. The summed E-state index contributed by atoms with van der Waals surface area (Å²) in [5, 5.41) is 4.76. The van der Waals surface area contributed by atoms with E-state index in [4.69, 9.17) is 26.8 Å². The number of aryl methyl sites for hydroxylation is 1. The zero-order chi connectivity index (χ0) is 11.5. The van der Waals surface area contributed by atoms with Crippen LogP contribution in [0.4, 0.5) is 0 Å². The first-order valence-corrected chi connectivity index (χ1v) is 5.80. The van der Waals surface area contributed by atoms with E-state index >= 15 is 0 Å². The fraction of sp³-hybridized carbons (Fsp3) is 0.700. The molecule has 0 spiro atoms. The lowest BCUT2D eigenvalue weighted by molar-refractivity contribution is -0.0511. The molecule has 5 nitrogen and oxygen atoms in total. The summed E-state index contributed by atoms with van der Waals surface area (Å²) < 4.78 is 12.5. The van der Waals surface area contributed by atoms with Crippen molar-refractivity contribution in [2.75, 3.05) is 13.2 Å². The highest BCUT2D eigenvalue weighted by Crippen LogP contribution is 2.26. The number of rotatable bonds is 4. The SMILES string of the molecule is CCn1ncc(Cl)c1C(N)CC1OCCO1. The van der Waals surface area contributed by atoms with Crippen LogP contribution >= 0.6 is 11.6 Å². The Labute approximate surface area is 99.5 Å². The minimum atomic E-state index is -0.216. The molecule has 1 aliphatic rings. The first kappa shape index (κ1) is 11.9. The lowest BCUT2D eigenvalue weighted by atomic mass is 10.1. The second kappa shape index (κ2) is 5.14. The Morgan fingerprint density at radius 2 is 2.31 bits per heavy atom. The van der Waals surface area contributed by atoms with Gasteiger partial charge >= 0.3 is 0 Å². The summed E-state index contributed by atoms with van der Waals surface area (Å²) in [6.45, 7) is 4.03. The van der Waals surface area contributed by atoms with Gasteiger partial charge in [-0.3, -0.25) is 4.68 Å². The Balaban J connectivity index is 2.06. The molecule has 2 N–H and O–H groups in total. The molecular formula is C10H16ClN3O2. The van der Waals surface area contributed by atoms with Gasteiger partial charge in [0.15, 0.2) is 6.29 Å². The van der Waals surface area contributed by atoms with Gasteiger partial charge in [0.25, 0.3) is 0 Å². The predicted molar refractivity (Wildman–Crippen MR) is 60.1 cm³/mol. The van der Waals surface area contributed by atoms with Gasteiger partial charge in [0.05, 0.1) is 36.2 Å². The van der Waals surface area contributed by atoms with Crippen LogP contribution in [0.15, 0.2) is 6.20 Å². The molecule has 6 heteroatoms. The molecule has 16 heavy (non-hydrogen) atoms. The first-order valence-electron chi connectivity index (χ1n) is 5.42. The molecule has 1 aromatic rings. The van der Waals surface area contributed by atoms with Gasteiger partial charge in [0.1, 0.15) is 0 Å². The number of halogens is 1. The molecule has 0 aliphatic carbocycles.